The number of carbonyl (C=O) groups excluding carboxylic acids is 2. The first-order valence-corrected chi connectivity index (χ1v) is 18.2. The zero-order valence-electron chi connectivity index (χ0n) is 27.9. The van der Waals surface area contributed by atoms with E-state index >= 15 is 0 Å². The van der Waals surface area contributed by atoms with Gasteiger partial charge in [0, 0.05) is 36.5 Å². The van der Waals surface area contributed by atoms with Crippen molar-refractivity contribution >= 4 is 44.7 Å². The minimum Gasteiger partial charge on any atom is -0.493 e. The number of hydrogen-bond acceptors (Lipinski definition) is 10. The van der Waals surface area contributed by atoms with Crippen LogP contribution in [-0.4, -0.2) is 76.2 Å². The van der Waals surface area contributed by atoms with Crippen LogP contribution in [0.2, 0.25) is 0 Å². The SMILES string of the molecule is COc1cc2c(cc1OCCCOc1cc3c(cc1OC)C(=O)N1c4ccccc4C[C@H]1C(S(=O)(=O)O)N3)NC[C@@H]1Cc3ccccc3N1C2=O. The number of fused-ring (bicyclic) bond motifs is 8. The second kappa shape index (κ2) is 12.7. The number of benzene rings is 4. The summed E-state index contributed by atoms with van der Waals surface area (Å²) in [6.07, 6.45) is 1.47. The quantitative estimate of drug-likeness (QED) is 0.163. The van der Waals surface area contributed by atoms with Gasteiger partial charge in [-0.25, -0.2) is 0 Å². The molecule has 4 heterocycles. The van der Waals surface area contributed by atoms with Gasteiger partial charge in [-0.05, 0) is 48.2 Å². The molecule has 4 aromatic carbocycles. The first-order chi connectivity index (χ1) is 24.7. The van der Waals surface area contributed by atoms with Gasteiger partial charge in [0.05, 0.1) is 62.0 Å². The van der Waals surface area contributed by atoms with Crippen LogP contribution in [0.5, 0.6) is 23.0 Å². The summed E-state index contributed by atoms with van der Waals surface area (Å²) in [5.74, 6) is 0.944. The van der Waals surface area contributed by atoms with Crippen LogP contribution in [-0.2, 0) is 23.0 Å². The number of anilines is 4. The molecule has 0 aromatic heterocycles. The van der Waals surface area contributed by atoms with E-state index in [9.17, 15) is 22.6 Å². The zero-order chi connectivity index (χ0) is 35.4. The third-order valence-corrected chi connectivity index (χ3v) is 11.0. The summed E-state index contributed by atoms with van der Waals surface area (Å²) in [6.45, 7) is 1.02. The second-order valence-electron chi connectivity index (χ2n) is 12.8. The normalized spacial score (nSPS) is 19.9. The molecule has 3 atom stereocenters. The van der Waals surface area contributed by atoms with Gasteiger partial charge in [0.15, 0.2) is 28.4 Å². The van der Waals surface area contributed by atoms with Crippen LogP contribution in [0.15, 0.2) is 72.8 Å². The maximum Gasteiger partial charge on any atom is 0.288 e. The number of methoxy groups -OCH3 is 2. The predicted molar refractivity (Wildman–Crippen MR) is 191 cm³/mol. The summed E-state index contributed by atoms with van der Waals surface area (Å²) < 4.78 is 58.8. The molecule has 8 rings (SSSR count). The van der Waals surface area contributed by atoms with Crippen molar-refractivity contribution in [1.82, 2.24) is 0 Å². The highest BCUT2D eigenvalue weighted by atomic mass is 32.2. The van der Waals surface area contributed by atoms with E-state index in [4.69, 9.17) is 18.9 Å². The molecule has 264 valence electrons. The van der Waals surface area contributed by atoms with Gasteiger partial charge in [0.25, 0.3) is 21.9 Å². The average Bonchev–Trinajstić information content (AvgIpc) is 3.62. The number of nitrogens with one attached hydrogen (secondary N) is 2. The molecule has 2 amide bonds. The van der Waals surface area contributed by atoms with Gasteiger partial charge in [-0.15, -0.1) is 0 Å². The molecular weight excluding hydrogens is 676 g/mol. The van der Waals surface area contributed by atoms with E-state index in [1.807, 2.05) is 35.2 Å². The molecule has 4 aliphatic heterocycles. The highest BCUT2D eigenvalue weighted by Gasteiger charge is 2.47. The summed E-state index contributed by atoms with van der Waals surface area (Å²) >= 11 is 0. The molecular formula is C37H36N4O9S. The van der Waals surface area contributed by atoms with Crippen LogP contribution >= 0.6 is 0 Å². The summed E-state index contributed by atoms with van der Waals surface area (Å²) in [7, 11) is -1.65. The number of para-hydroxylation sites is 2. The lowest BCUT2D eigenvalue weighted by molar-refractivity contribution is 0.0974. The molecule has 14 heteroatoms. The van der Waals surface area contributed by atoms with E-state index in [-0.39, 0.29) is 54.3 Å². The molecule has 4 aromatic rings. The largest absolute Gasteiger partial charge is 0.493 e. The van der Waals surface area contributed by atoms with E-state index in [1.165, 1.54) is 31.3 Å². The molecule has 13 nitrogen and oxygen atoms in total. The van der Waals surface area contributed by atoms with Crippen LogP contribution in [0.4, 0.5) is 22.7 Å². The standard InChI is InChI=1S/C37H36N4O9S/c1-47-31-16-24-26(38-20-23-14-21-8-3-5-10-28(21)40(23)36(24)42)18-33(31)49-12-7-13-50-34-19-27-25(17-32(34)48-2)37(43)41-29-11-6-4-9-22(29)15-30(41)35(39-27)51(44,45)46/h3-6,8-11,16-19,23,30,35,38-39H,7,12-15,20H2,1-2H3,(H,44,45,46)/t23-,30-,35?/m0/s1. The van der Waals surface area contributed by atoms with Gasteiger partial charge in [-0.1, -0.05) is 36.4 Å². The Morgan fingerprint density at radius 3 is 1.92 bits per heavy atom. The van der Waals surface area contributed by atoms with E-state index in [2.05, 4.69) is 16.7 Å². The maximum absolute atomic E-state index is 13.9. The molecule has 0 spiro atoms. The van der Waals surface area contributed by atoms with Crippen molar-refractivity contribution in [2.24, 2.45) is 0 Å². The van der Waals surface area contributed by atoms with Gasteiger partial charge in [-0.3, -0.25) is 14.1 Å². The Balaban J connectivity index is 0.971. The Kier molecular flexibility index (Phi) is 8.14. The minimum absolute atomic E-state index is 0.000820. The van der Waals surface area contributed by atoms with Crippen LogP contribution in [0.3, 0.4) is 0 Å². The molecule has 1 unspecified atom stereocenters. The second-order valence-corrected chi connectivity index (χ2v) is 14.4. The summed E-state index contributed by atoms with van der Waals surface area (Å²) in [5, 5.41) is 4.86. The first-order valence-electron chi connectivity index (χ1n) is 16.7. The molecule has 0 fully saturated rings. The highest BCUT2D eigenvalue weighted by molar-refractivity contribution is 7.86. The highest BCUT2D eigenvalue weighted by Crippen LogP contribution is 2.43. The van der Waals surface area contributed by atoms with Crippen LogP contribution in [0.1, 0.15) is 38.3 Å². The number of amides is 2. The van der Waals surface area contributed by atoms with Crippen molar-refractivity contribution in [3.05, 3.63) is 95.1 Å². The van der Waals surface area contributed by atoms with Gasteiger partial charge < -0.3 is 39.4 Å². The number of nitrogens with zero attached hydrogens (tertiary/aromatic N) is 2. The van der Waals surface area contributed by atoms with Crippen molar-refractivity contribution in [2.75, 3.05) is 54.4 Å². The van der Waals surface area contributed by atoms with Crippen molar-refractivity contribution in [2.45, 2.75) is 36.7 Å². The molecule has 51 heavy (non-hydrogen) atoms. The van der Waals surface area contributed by atoms with Crippen molar-refractivity contribution < 1.29 is 41.5 Å². The topological polar surface area (TPSA) is 156 Å². The zero-order valence-corrected chi connectivity index (χ0v) is 28.7. The smallest absolute Gasteiger partial charge is 0.288 e. The van der Waals surface area contributed by atoms with E-state index < -0.39 is 27.4 Å². The Morgan fingerprint density at radius 2 is 1.29 bits per heavy atom. The van der Waals surface area contributed by atoms with E-state index in [1.54, 1.807) is 24.3 Å². The Morgan fingerprint density at radius 1 is 0.745 bits per heavy atom. The number of ether oxygens (including phenoxy) is 4. The summed E-state index contributed by atoms with van der Waals surface area (Å²) in [6, 6.07) is 20.8. The summed E-state index contributed by atoms with van der Waals surface area (Å²) in [5.41, 5.74) is 5.03. The van der Waals surface area contributed by atoms with Gasteiger partial charge in [-0.2, -0.15) is 8.42 Å². The van der Waals surface area contributed by atoms with Gasteiger partial charge in [0.1, 0.15) is 0 Å². The molecule has 0 aliphatic carbocycles. The Hall–Kier alpha value is -5.47. The Bertz CT molecular complexity index is 2180. The maximum atomic E-state index is 13.9. The molecule has 0 radical (unpaired) electrons. The van der Waals surface area contributed by atoms with Gasteiger partial charge in [0.2, 0.25) is 0 Å². The molecule has 4 aliphatic rings. The van der Waals surface area contributed by atoms with E-state index in [0.29, 0.717) is 41.4 Å². The predicted octanol–water partition coefficient (Wildman–Crippen LogP) is 4.76. The third kappa shape index (κ3) is 5.64. The first kappa shape index (κ1) is 32.7. The lowest BCUT2D eigenvalue weighted by Crippen LogP contribution is -2.49. The van der Waals surface area contributed by atoms with Crippen molar-refractivity contribution in [3.63, 3.8) is 0 Å². The van der Waals surface area contributed by atoms with Crippen LogP contribution < -0.4 is 39.4 Å². The molecule has 0 saturated carbocycles. The molecule has 3 N–H and O–H groups in total. The lowest BCUT2D eigenvalue weighted by Gasteiger charge is -2.27. The Labute approximate surface area is 294 Å². The third-order valence-electron chi connectivity index (χ3n) is 9.89. The fourth-order valence-electron chi connectivity index (χ4n) is 7.53. The van der Waals surface area contributed by atoms with E-state index in [0.717, 1.165) is 23.2 Å². The average molecular weight is 713 g/mol. The van der Waals surface area contributed by atoms with Crippen molar-refractivity contribution in [1.29, 1.82) is 0 Å². The molecule has 0 saturated heterocycles. The monoisotopic (exact) mass is 712 g/mol. The van der Waals surface area contributed by atoms with Crippen molar-refractivity contribution in [3.8, 4) is 23.0 Å². The van der Waals surface area contributed by atoms with Crippen LogP contribution in [0.25, 0.3) is 0 Å². The molecule has 0 bridgehead atoms. The van der Waals surface area contributed by atoms with Crippen LogP contribution in [0, 0.1) is 0 Å². The minimum atomic E-state index is -4.63. The summed E-state index contributed by atoms with van der Waals surface area (Å²) in [4.78, 5) is 30.9. The number of carbonyl (C=O) groups is 2. The number of rotatable bonds is 9. The number of hydrogen-bond donors (Lipinski definition) is 3. The lowest BCUT2D eigenvalue weighted by atomic mass is 10.1. The van der Waals surface area contributed by atoms with Gasteiger partial charge >= 0.3 is 0 Å². The fourth-order valence-corrected chi connectivity index (χ4v) is 8.42. The fraction of sp³-hybridized carbons (Fsp3) is 0.297.